The third kappa shape index (κ3) is 4.91. The van der Waals surface area contributed by atoms with E-state index in [0.717, 1.165) is 5.56 Å². The number of methoxy groups -OCH3 is 2. The first-order valence-corrected chi connectivity index (χ1v) is 13.7. The fraction of sp³-hybridized carbons (Fsp3) is 0.318. The lowest BCUT2D eigenvalue weighted by Crippen LogP contribution is -2.40. The second kappa shape index (κ2) is 9.50. The molecule has 2 aromatic carbocycles. The summed E-state index contributed by atoms with van der Waals surface area (Å²) in [6.07, 6.45) is 0.358. The molecule has 0 saturated carbocycles. The molecule has 176 valence electrons. The van der Waals surface area contributed by atoms with Crippen molar-refractivity contribution in [3.63, 3.8) is 0 Å². The van der Waals surface area contributed by atoms with Crippen LogP contribution in [0.15, 0.2) is 30.3 Å². The van der Waals surface area contributed by atoms with Crippen molar-refractivity contribution >= 4 is 72.0 Å². The molecule has 0 N–H and O–H groups in total. The number of rotatable bonds is 6. The highest BCUT2D eigenvalue weighted by molar-refractivity contribution is 7.91. The van der Waals surface area contributed by atoms with Gasteiger partial charge in [0.15, 0.2) is 21.3 Å². The molecular weight excluding hydrogens is 529 g/mol. The van der Waals surface area contributed by atoms with Crippen molar-refractivity contribution in [3.8, 4) is 11.5 Å². The van der Waals surface area contributed by atoms with Crippen LogP contribution in [0.4, 0.5) is 0 Å². The molecule has 2 heterocycles. The van der Waals surface area contributed by atoms with Crippen LogP contribution in [0.3, 0.4) is 0 Å². The van der Waals surface area contributed by atoms with Gasteiger partial charge in [-0.1, -0.05) is 40.9 Å². The molecule has 1 fully saturated rings. The van der Waals surface area contributed by atoms with Crippen LogP contribution in [0.5, 0.6) is 11.5 Å². The molecule has 1 saturated heterocycles. The fourth-order valence-corrected chi connectivity index (χ4v) is 8.00. The van der Waals surface area contributed by atoms with E-state index in [9.17, 15) is 13.2 Å². The normalized spacial score (nSPS) is 17.3. The smallest absolute Gasteiger partial charge is 0.266 e. The minimum atomic E-state index is -3.23. The average Bonchev–Trinajstić information content (AvgIpc) is 3.30. The number of nitrogens with zero attached hydrogens (tertiary/aromatic N) is 1. The summed E-state index contributed by atoms with van der Waals surface area (Å²) in [6, 6.07) is 8.13. The lowest BCUT2D eigenvalue weighted by atomic mass is 10.1. The minimum absolute atomic E-state index is 0.0367. The summed E-state index contributed by atoms with van der Waals surface area (Å²) >= 11 is 20.2. The highest BCUT2D eigenvalue weighted by Crippen LogP contribution is 2.42. The van der Waals surface area contributed by atoms with E-state index >= 15 is 0 Å². The zero-order valence-corrected chi connectivity index (χ0v) is 21.6. The number of halogens is 3. The first kappa shape index (κ1) is 24.4. The Morgan fingerprint density at radius 1 is 1.12 bits per heavy atom. The van der Waals surface area contributed by atoms with Crippen LogP contribution >= 0.6 is 46.1 Å². The van der Waals surface area contributed by atoms with E-state index in [2.05, 4.69) is 0 Å². The van der Waals surface area contributed by atoms with E-state index in [1.54, 1.807) is 29.2 Å². The molecule has 11 heteroatoms. The van der Waals surface area contributed by atoms with Crippen molar-refractivity contribution in [2.24, 2.45) is 0 Å². The predicted molar refractivity (Wildman–Crippen MR) is 133 cm³/mol. The van der Waals surface area contributed by atoms with Crippen LogP contribution in [0.2, 0.25) is 15.1 Å². The highest BCUT2D eigenvalue weighted by Gasteiger charge is 2.36. The monoisotopic (exact) mass is 547 g/mol. The van der Waals surface area contributed by atoms with Gasteiger partial charge in [-0.3, -0.25) is 4.79 Å². The summed E-state index contributed by atoms with van der Waals surface area (Å²) in [5, 5.41) is 1.59. The molecule has 6 nitrogen and oxygen atoms in total. The third-order valence-corrected chi connectivity index (χ3v) is 9.44. The molecule has 1 amide bonds. The molecule has 1 aliphatic rings. The maximum Gasteiger partial charge on any atom is 0.266 e. The van der Waals surface area contributed by atoms with Crippen LogP contribution in [0, 0.1) is 0 Å². The van der Waals surface area contributed by atoms with Gasteiger partial charge in [0.05, 0.1) is 35.8 Å². The molecular formula is C22H20Cl3NO5S2. The lowest BCUT2D eigenvalue weighted by Gasteiger charge is -2.28. The number of sulfone groups is 1. The number of hydrogen-bond donors (Lipinski definition) is 0. The van der Waals surface area contributed by atoms with Crippen molar-refractivity contribution < 1.29 is 22.7 Å². The molecule has 4 rings (SSSR count). The quantitative estimate of drug-likeness (QED) is 0.395. The van der Waals surface area contributed by atoms with Crippen LogP contribution < -0.4 is 9.47 Å². The summed E-state index contributed by atoms with van der Waals surface area (Å²) in [7, 11) is -0.159. The summed E-state index contributed by atoms with van der Waals surface area (Å²) in [4.78, 5) is 15.6. The molecule has 0 radical (unpaired) electrons. The maximum absolute atomic E-state index is 13.7. The van der Waals surface area contributed by atoms with Gasteiger partial charge in [-0.15, -0.1) is 11.3 Å². The van der Waals surface area contributed by atoms with Crippen molar-refractivity contribution in [1.82, 2.24) is 4.90 Å². The Hall–Kier alpha value is -1.71. The molecule has 0 aliphatic carbocycles. The van der Waals surface area contributed by atoms with E-state index in [4.69, 9.17) is 44.3 Å². The Morgan fingerprint density at radius 2 is 1.85 bits per heavy atom. The van der Waals surface area contributed by atoms with Crippen LogP contribution in [0.25, 0.3) is 10.1 Å². The number of amides is 1. The van der Waals surface area contributed by atoms with E-state index in [1.807, 2.05) is 6.07 Å². The SMILES string of the molecule is COc1ccc(CN(C(=O)c2sc3cc(Cl)cc(Cl)c3c2Cl)C2CCS(=O)(=O)C2)cc1OC. The molecule has 1 unspecified atom stereocenters. The van der Waals surface area contributed by atoms with Crippen molar-refractivity contribution in [2.75, 3.05) is 25.7 Å². The molecule has 3 aromatic rings. The summed E-state index contributed by atoms with van der Waals surface area (Å²) in [5.74, 6) is 0.658. The molecule has 1 aromatic heterocycles. The van der Waals surface area contributed by atoms with Gasteiger partial charge in [0.1, 0.15) is 4.88 Å². The second-order valence-electron chi connectivity index (χ2n) is 7.69. The van der Waals surface area contributed by atoms with Gasteiger partial charge >= 0.3 is 0 Å². The van der Waals surface area contributed by atoms with Gasteiger partial charge in [0.25, 0.3) is 5.91 Å². The topological polar surface area (TPSA) is 72.9 Å². The zero-order chi connectivity index (χ0) is 23.9. The van der Waals surface area contributed by atoms with Gasteiger partial charge in [0, 0.05) is 27.7 Å². The third-order valence-electron chi connectivity index (χ3n) is 5.55. The number of benzene rings is 2. The molecule has 33 heavy (non-hydrogen) atoms. The van der Waals surface area contributed by atoms with Crippen molar-refractivity contribution in [2.45, 2.75) is 19.0 Å². The van der Waals surface area contributed by atoms with Gasteiger partial charge in [-0.25, -0.2) is 8.42 Å². The van der Waals surface area contributed by atoms with Crippen LogP contribution in [-0.4, -0.2) is 51.0 Å². The van der Waals surface area contributed by atoms with Crippen LogP contribution in [-0.2, 0) is 16.4 Å². The van der Waals surface area contributed by atoms with Gasteiger partial charge in [-0.2, -0.15) is 0 Å². The van der Waals surface area contributed by atoms with Crippen LogP contribution in [0.1, 0.15) is 21.7 Å². The molecule has 1 aliphatic heterocycles. The Bertz CT molecular complexity index is 1340. The predicted octanol–water partition coefficient (Wildman–Crippen LogP) is 5.71. The number of carbonyl (C=O) groups is 1. The van der Waals surface area contributed by atoms with E-state index in [-0.39, 0.29) is 29.0 Å². The average molecular weight is 549 g/mol. The minimum Gasteiger partial charge on any atom is -0.493 e. The van der Waals surface area contributed by atoms with Crippen molar-refractivity contribution in [3.05, 3.63) is 55.8 Å². The highest BCUT2D eigenvalue weighted by atomic mass is 35.5. The molecule has 0 spiro atoms. The number of hydrogen-bond acceptors (Lipinski definition) is 6. The standard InChI is InChI=1S/C22H20Cl3NO5S2/c1-30-16-4-3-12(7-17(16)31-2)10-26(14-5-6-33(28,29)11-14)22(27)21-20(25)19-15(24)8-13(23)9-18(19)32-21/h3-4,7-9,14H,5-6,10-11H2,1-2H3. The van der Waals surface area contributed by atoms with Crippen molar-refractivity contribution in [1.29, 1.82) is 0 Å². The zero-order valence-electron chi connectivity index (χ0n) is 17.7. The van der Waals surface area contributed by atoms with Gasteiger partial charge < -0.3 is 14.4 Å². The number of fused-ring (bicyclic) bond motifs is 1. The maximum atomic E-state index is 13.7. The molecule has 0 bridgehead atoms. The Morgan fingerprint density at radius 3 is 2.48 bits per heavy atom. The van der Waals surface area contributed by atoms with Gasteiger partial charge in [0.2, 0.25) is 0 Å². The Balaban J connectivity index is 1.76. The number of ether oxygens (including phenoxy) is 2. The summed E-state index contributed by atoms with van der Waals surface area (Å²) in [6.45, 7) is 0.179. The van der Waals surface area contributed by atoms with E-state index in [0.29, 0.717) is 42.9 Å². The summed E-state index contributed by atoms with van der Waals surface area (Å²) < 4.78 is 35.7. The van der Waals surface area contributed by atoms with E-state index in [1.165, 1.54) is 25.6 Å². The first-order valence-electron chi connectivity index (χ1n) is 9.93. The van der Waals surface area contributed by atoms with E-state index < -0.39 is 15.9 Å². The molecule has 1 atom stereocenters. The Labute approximate surface area is 210 Å². The van der Waals surface area contributed by atoms with Gasteiger partial charge in [-0.05, 0) is 36.2 Å². The first-order chi connectivity index (χ1) is 15.6. The largest absolute Gasteiger partial charge is 0.493 e. The fourth-order valence-electron chi connectivity index (χ4n) is 3.94. The lowest BCUT2D eigenvalue weighted by molar-refractivity contribution is 0.0686. The number of thiophene rings is 1. The summed E-state index contributed by atoms with van der Waals surface area (Å²) in [5.41, 5.74) is 0.767. The Kier molecular flexibility index (Phi) is 7.03. The second-order valence-corrected chi connectivity index (χ2v) is 12.2. The number of carbonyl (C=O) groups excluding carboxylic acids is 1.